The highest BCUT2D eigenvalue weighted by atomic mass is 32.1. The third-order valence-electron chi connectivity index (χ3n) is 4.25. The topological polar surface area (TPSA) is 29.1 Å². The van der Waals surface area contributed by atoms with E-state index in [0.29, 0.717) is 12.3 Å². The number of hydrogen-bond acceptors (Lipinski definition) is 2. The van der Waals surface area contributed by atoms with Gasteiger partial charge < -0.3 is 5.32 Å². The molecule has 0 saturated heterocycles. The summed E-state index contributed by atoms with van der Waals surface area (Å²) in [6.45, 7) is 4.16. The number of carbonyl (C=O) groups is 1. The summed E-state index contributed by atoms with van der Waals surface area (Å²) in [5.41, 5.74) is 2.78. The van der Waals surface area contributed by atoms with E-state index in [2.05, 4.69) is 55.6 Å². The third-order valence-corrected chi connectivity index (χ3v) is 5.44. The van der Waals surface area contributed by atoms with Gasteiger partial charge >= 0.3 is 0 Å². The van der Waals surface area contributed by atoms with Gasteiger partial charge in [-0.1, -0.05) is 24.3 Å². The molecule has 1 aromatic heterocycles. The molecular formula is C18H21NOS. The van der Waals surface area contributed by atoms with Crippen molar-refractivity contribution in [3.8, 4) is 0 Å². The van der Waals surface area contributed by atoms with Gasteiger partial charge in [0.15, 0.2) is 0 Å². The van der Waals surface area contributed by atoms with Crippen molar-refractivity contribution in [2.24, 2.45) is 0 Å². The Bertz CT molecular complexity index is 646. The zero-order chi connectivity index (χ0) is 14.8. The van der Waals surface area contributed by atoms with E-state index in [1.54, 1.807) is 11.3 Å². The summed E-state index contributed by atoms with van der Waals surface area (Å²) in [5, 5.41) is 3.14. The second kappa shape index (κ2) is 6.02. The normalized spacial score (nSPS) is 18.3. The number of thiophene rings is 1. The minimum absolute atomic E-state index is 0.104. The minimum atomic E-state index is 0.104. The predicted molar refractivity (Wildman–Crippen MR) is 87.7 cm³/mol. The number of carbonyl (C=O) groups excluding carboxylic acids is 1. The first-order chi connectivity index (χ1) is 10.1. The molecule has 2 nitrogen and oxygen atoms in total. The van der Waals surface area contributed by atoms with Crippen molar-refractivity contribution >= 4 is 17.2 Å². The first-order valence-corrected chi connectivity index (χ1v) is 8.38. The molecule has 0 bridgehead atoms. The van der Waals surface area contributed by atoms with Gasteiger partial charge in [0.2, 0.25) is 5.91 Å². The number of fused-ring (bicyclic) bond motifs is 1. The molecule has 0 saturated carbocycles. The summed E-state index contributed by atoms with van der Waals surface area (Å²) in [4.78, 5) is 14.8. The van der Waals surface area contributed by atoms with Gasteiger partial charge in [0.05, 0.1) is 6.04 Å². The van der Waals surface area contributed by atoms with Crippen LogP contribution in [0.15, 0.2) is 36.4 Å². The second-order valence-corrected chi connectivity index (χ2v) is 7.20. The quantitative estimate of drug-likeness (QED) is 0.893. The van der Waals surface area contributed by atoms with Crippen LogP contribution < -0.4 is 5.32 Å². The summed E-state index contributed by atoms with van der Waals surface area (Å²) >= 11 is 1.75. The Kier molecular flexibility index (Phi) is 4.11. The number of hydrogen-bond donors (Lipinski definition) is 1. The van der Waals surface area contributed by atoms with Gasteiger partial charge in [-0.3, -0.25) is 4.79 Å². The maximum absolute atomic E-state index is 12.3. The summed E-state index contributed by atoms with van der Waals surface area (Å²) in [7, 11) is 0. The maximum Gasteiger partial charge on any atom is 0.221 e. The Hall–Kier alpha value is -1.61. The van der Waals surface area contributed by atoms with Crippen molar-refractivity contribution in [1.82, 2.24) is 5.32 Å². The summed E-state index contributed by atoms with van der Waals surface area (Å²) < 4.78 is 0. The van der Waals surface area contributed by atoms with Crippen LogP contribution >= 0.6 is 11.3 Å². The highest BCUT2D eigenvalue weighted by molar-refractivity contribution is 7.12. The predicted octanol–water partition coefficient (Wildman–Crippen LogP) is 4.35. The Morgan fingerprint density at radius 2 is 2.14 bits per heavy atom. The van der Waals surface area contributed by atoms with E-state index in [1.807, 2.05) is 0 Å². The molecule has 3 rings (SSSR count). The van der Waals surface area contributed by atoms with Crippen LogP contribution in [-0.2, 0) is 11.2 Å². The first kappa shape index (κ1) is 14.3. The van der Waals surface area contributed by atoms with E-state index < -0.39 is 0 Å². The van der Waals surface area contributed by atoms with E-state index >= 15 is 0 Å². The molecule has 1 aliphatic rings. The largest absolute Gasteiger partial charge is 0.349 e. The Morgan fingerprint density at radius 3 is 2.90 bits per heavy atom. The highest BCUT2D eigenvalue weighted by Gasteiger charge is 2.24. The SMILES string of the molecule is Cc1ccc(C(C)NC(=O)CC2CCc3ccccc32)s1. The molecule has 2 unspecified atom stereocenters. The van der Waals surface area contributed by atoms with E-state index in [4.69, 9.17) is 0 Å². The molecule has 0 aliphatic heterocycles. The lowest BCUT2D eigenvalue weighted by molar-refractivity contribution is -0.122. The Balaban J connectivity index is 1.60. The lowest BCUT2D eigenvalue weighted by Crippen LogP contribution is -2.27. The van der Waals surface area contributed by atoms with Crippen molar-refractivity contribution in [1.29, 1.82) is 0 Å². The van der Waals surface area contributed by atoms with Gasteiger partial charge in [-0.15, -0.1) is 11.3 Å². The van der Waals surface area contributed by atoms with Crippen LogP contribution in [0.2, 0.25) is 0 Å². The lowest BCUT2D eigenvalue weighted by atomic mass is 9.97. The van der Waals surface area contributed by atoms with Crippen molar-refractivity contribution in [3.63, 3.8) is 0 Å². The number of nitrogens with one attached hydrogen (secondary N) is 1. The third kappa shape index (κ3) is 3.18. The number of aryl methyl sites for hydroxylation is 2. The van der Waals surface area contributed by atoms with E-state index in [0.717, 1.165) is 12.8 Å². The average Bonchev–Trinajstić information content (AvgIpc) is 3.06. The Morgan fingerprint density at radius 1 is 1.33 bits per heavy atom. The molecule has 0 radical (unpaired) electrons. The zero-order valence-electron chi connectivity index (χ0n) is 12.6. The molecular weight excluding hydrogens is 278 g/mol. The molecule has 1 aromatic carbocycles. The summed E-state index contributed by atoms with van der Waals surface area (Å²) in [5.74, 6) is 0.550. The van der Waals surface area contributed by atoms with Crippen molar-refractivity contribution in [3.05, 3.63) is 57.3 Å². The molecule has 110 valence electrons. The molecule has 2 atom stereocenters. The molecule has 0 spiro atoms. The van der Waals surface area contributed by atoms with Gasteiger partial charge in [0, 0.05) is 16.2 Å². The van der Waals surface area contributed by atoms with Gasteiger partial charge in [-0.05, 0) is 55.9 Å². The maximum atomic E-state index is 12.3. The van der Waals surface area contributed by atoms with Gasteiger partial charge in [-0.2, -0.15) is 0 Å². The monoisotopic (exact) mass is 299 g/mol. The smallest absolute Gasteiger partial charge is 0.221 e. The summed E-state index contributed by atoms with van der Waals surface area (Å²) in [6.07, 6.45) is 2.80. The van der Waals surface area contributed by atoms with E-state index in [1.165, 1.54) is 20.9 Å². The second-order valence-electron chi connectivity index (χ2n) is 5.88. The highest BCUT2D eigenvalue weighted by Crippen LogP contribution is 2.35. The van der Waals surface area contributed by atoms with Crippen LogP contribution in [0.3, 0.4) is 0 Å². The van der Waals surface area contributed by atoms with Crippen molar-refractivity contribution in [2.45, 2.75) is 45.1 Å². The molecule has 1 aliphatic carbocycles. The van der Waals surface area contributed by atoms with Crippen LogP contribution in [0.5, 0.6) is 0 Å². The van der Waals surface area contributed by atoms with Crippen LogP contribution in [0.1, 0.15) is 52.6 Å². The molecule has 21 heavy (non-hydrogen) atoms. The van der Waals surface area contributed by atoms with Crippen LogP contribution in [0.25, 0.3) is 0 Å². The van der Waals surface area contributed by atoms with Gasteiger partial charge in [0.1, 0.15) is 0 Å². The van der Waals surface area contributed by atoms with Crippen LogP contribution in [0, 0.1) is 6.92 Å². The lowest BCUT2D eigenvalue weighted by Gasteiger charge is -2.15. The fourth-order valence-electron chi connectivity index (χ4n) is 3.14. The van der Waals surface area contributed by atoms with Gasteiger partial charge in [-0.25, -0.2) is 0 Å². The minimum Gasteiger partial charge on any atom is -0.349 e. The summed E-state index contributed by atoms with van der Waals surface area (Å²) in [6, 6.07) is 12.8. The van der Waals surface area contributed by atoms with E-state index in [9.17, 15) is 4.79 Å². The van der Waals surface area contributed by atoms with Crippen molar-refractivity contribution < 1.29 is 4.79 Å². The Labute approximate surface area is 130 Å². The van der Waals surface area contributed by atoms with Crippen LogP contribution in [0.4, 0.5) is 0 Å². The fourth-order valence-corrected chi connectivity index (χ4v) is 4.02. The zero-order valence-corrected chi connectivity index (χ0v) is 13.4. The van der Waals surface area contributed by atoms with E-state index in [-0.39, 0.29) is 11.9 Å². The molecule has 0 fully saturated rings. The fraction of sp³-hybridized carbons (Fsp3) is 0.389. The molecule has 3 heteroatoms. The first-order valence-electron chi connectivity index (χ1n) is 7.57. The molecule has 2 aromatic rings. The number of amides is 1. The van der Waals surface area contributed by atoms with Crippen molar-refractivity contribution in [2.75, 3.05) is 0 Å². The number of benzene rings is 1. The average molecular weight is 299 g/mol. The number of rotatable bonds is 4. The molecule has 1 heterocycles. The van der Waals surface area contributed by atoms with Crippen LogP contribution in [-0.4, -0.2) is 5.91 Å². The molecule has 1 N–H and O–H groups in total. The standard InChI is InChI=1S/C18H21NOS/c1-12-7-10-17(21-12)13(2)19-18(20)11-15-9-8-14-5-3-4-6-16(14)15/h3-7,10,13,15H,8-9,11H2,1-2H3,(H,19,20). The van der Waals surface area contributed by atoms with Gasteiger partial charge in [0.25, 0.3) is 0 Å². The molecule has 1 amide bonds.